The number of unbranched alkanes of at least 4 members (excludes halogenated alkanes) is 2. The summed E-state index contributed by atoms with van der Waals surface area (Å²) in [6.07, 6.45) is 9.41. The minimum absolute atomic E-state index is 0.0898. The standard InChI is InChI=1S/C21H32O4/c1-5-7-9-16(3)24-19-13-11-18(12-14-21(22)23)15-20(19)25-17(4)10-8-6-2/h11-17H,5-10H2,1-4H3,(H,22,23). The van der Waals surface area contributed by atoms with Crippen molar-refractivity contribution in [3.8, 4) is 11.5 Å². The van der Waals surface area contributed by atoms with Gasteiger partial charge < -0.3 is 14.6 Å². The molecule has 1 aromatic rings. The zero-order valence-electron chi connectivity index (χ0n) is 16.0. The van der Waals surface area contributed by atoms with E-state index >= 15 is 0 Å². The maximum absolute atomic E-state index is 10.7. The number of carboxylic acid groups (broad SMARTS) is 1. The van der Waals surface area contributed by atoms with Gasteiger partial charge in [-0.05, 0) is 50.5 Å². The predicted molar refractivity (Wildman–Crippen MR) is 102 cm³/mol. The van der Waals surface area contributed by atoms with Gasteiger partial charge in [0.1, 0.15) is 0 Å². The van der Waals surface area contributed by atoms with Crippen molar-refractivity contribution in [2.45, 2.75) is 78.4 Å². The third-order valence-electron chi connectivity index (χ3n) is 3.97. The summed E-state index contributed by atoms with van der Waals surface area (Å²) in [5.41, 5.74) is 0.786. The molecular formula is C21H32O4. The topological polar surface area (TPSA) is 55.8 Å². The van der Waals surface area contributed by atoms with Crippen LogP contribution in [0.1, 0.15) is 71.8 Å². The van der Waals surface area contributed by atoms with Crippen molar-refractivity contribution in [1.82, 2.24) is 0 Å². The molecule has 0 heterocycles. The predicted octanol–water partition coefficient (Wildman–Crippen LogP) is 5.70. The lowest BCUT2D eigenvalue weighted by atomic mass is 10.1. The molecule has 2 unspecified atom stereocenters. The second kappa shape index (κ2) is 11.6. The van der Waals surface area contributed by atoms with Gasteiger partial charge in [0.2, 0.25) is 0 Å². The summed E-state index contributed by atoms with van der Waals surface area (Å²) in [6.45, 7) is 8.45. The van der Waals surface area contributed by atoms with Gasteiger partial charge in [0.15, 0.2) is 11.5 Å². The quantitative estimate of drug-likeness (QED) is 0.492. The number of carboxylic acids is 1. The highest BCUT2D eigenvalue weighted by Gasteiger charge is 2.13. The summed E-state index contributed by atoms with van der Waals surface area (Å²) in [7, 11) is 0. The molecule has 0 aromatic heterocycles. The third kappa shape index (κ3) is 8.62. The maximum atomic E-state index is 10.7. The highest BCUT2D eigenvalue weighted by molar-refractivity contribution is 5.85. The lowest BCUT2D eigenvalue weighted by molar-refractivity contribution is -0.131. The lowest BCUT2D eigenvalue weighted by Crippen LogP contribution is -2.15. The fraction of sp³-hybridized carbons (Fsp3) is 0.571. The van der Waals surface area contributed by atoms with Crippen LogP contribution in [0.4, 0.5) is 0 Å². The van der Waals surface area contributed by atoms with E-state index in [1.54, 1.807) is 6.08 Å². The first-order chi connectivity index (χ1) is 12.0. The van der Waals surface area contributed by atoms with Crippen LogP contribution in [-0.4, -0.2) is 23.3 Å². The molecule has 2 atom stereocenters. The molecule has 0 fully saturated rings. The summed E-state index contributed by atoms with van der Waals surface area (Å²) in [6, 6.07) is 5.57. The van der Waals surface area contributed by atoms with Crippen molar-refractivity contribution in [1.29, 1.82) is 0 Å². The van der Waals surface area contributed by atoms with Gasteiger partial charge in [-0.2, -0.15) is 0 Å². The average Bonchev–Trinajstić information content (AvgIpc) is 2.58. The lowest BCUT2D eigenvalue weighted by Gasteiger charge is -2.21. The number of hydrogen-bond donors (Lipinski definition) is 1. The molecule has 0 aliphatic heterocycles. The van der Waals surface area contributed by atoms with E-state index < -0.39 is 5.97 Å². The smallest absolute Gasteiger partial charge is 0.328 e. The monoisotopic (exact) mass is 348 g/mol. The van der Waals surface area contributed by atoms with Crippen LogP contribution in [0.25, 0.3) is 6.08 Å². The minimum atomic E-state index is -0.965. The van der Waals surface area contributed by atoms with Crippen molar-refractivity contribution in [2.24, 2.45) is 0 Å². The Kier molecular flexibility index (Phi) is 9.75. The van der Waals surface area contributed by atoms with Gasteiger partial charge in [-0.15, -0.1) is 0 Å². The zero-order valence-corrected chi connectivity index (χ0v) is 16.0. The fourth-order valence-electron chi connectivity index (χ4n) is 2.52. The van der Waals surface area contributed by atoms with Gasteiger partial charge in [0, 0.05) is 6.08 Å². The molecule has 1 rings (SSSR count). The van der Waals surface area contributed by atoms with Crippen LogP contribution in [-0.2, 0) is 4.79 Å². The number of rotatable bonds is 12. The van der Waals surface area contributed by atoms with Gasteiger partial charge in [0.05, 0.1) is 12.2 Å². The first-order valence-corrected chi connectivity index (χ1v) is 9.34. The van der Waals surface area contributed by atoms with Crippen LogP contribution in [0, 0.1) is 0 Å². The van der Waals surface area contributed by atoms with Crippen LogP contribution in [0.2, 0.25) is 0 Å². The second-order valence-electron chi connectivity index (χ2n) is 6.52. The van der Waals surface area contributed by atoms with Gasteiger partial charge in [-0.3, -0.25) is 0 Å². The third-order valence-corrected chi connectivity index (χ3v) is 3.97. The van der Waals surface area contributed by atoms with E-state index in [1.165, 1.54) is 0 Å². The van der Waals surface area contributed by atoms with Crippen molar-refractivity contribution < 1.29 is 19.4 Å². The van der Waals surface area contributed by atoms with Gasteiger partial charge in [-0.1, -0.05) is 45.6 Å². The molecule has 140 valence electrons. The summed E-state index contributed by atoms with van der Waals surface area (Å²) >= 11 is 0. The largest absolute Gasteiger partial charge is 0.487 e. The number of hydrogen-bond acceptors (Lipinski definition) is 3. The van der Waals surface area contributed by atoms with Crippen LogP contribution in [0.3, 0.4) is 0 Å². The van der Waals surface area contributed by atoms with E-state index in [2.05, 4.69) is 27.7 Å². The summed E-state index contributed by atoms with van der Waals surface area (Å²) in [5, 5.41) is 8.80. The molecular weight excluding hydrogens is 316 g/mol. The fourth-order valence-corrected chi connectivity index (χ4v) is 2.52. The highest BCUT2D eigenvalue weighted by atomic mass is 16.5. The Hall–Kier alpha value is -1.97. The van der Waals surface area contributed by atoms with Crippen molar-refractivity contribution in [2.75, 3.05) is 0 Å². The molecule has 0 saturated carbocycles. The van der Waals surface area contributed by atoms with Crippen molar-refractivity contribution in [3.63, 3.8) is 0 Å². The van der Waals surface area contributed by atoms with Gasteiger partial charge in [-0.25, -0.2) is 4.79 Å². The molecule has 0 radical (unpaired) electrons. The van der Waals surface area contributed by atoms with E-state index in [9.17, 15) is 4.79 Å². The molecule has 1 N–H and O–H groups in total. The molecule has 4 heteroatoms. The van der Waals surface area contributed by atoms with Gasteiger partial charge in [0.25, 0.3) is 0 Å². The molecule has 0 aliphatic carbocycles. The normalized spacial score (nSPS) is 13.6. The first-order valence-electron chi connectivity index (χ1n) is 9.34. The average molecular weight is 348 g/mol. The van der Waals surface area contributed by atoms with Gasteiger partial charge >= 0.3 is 5.97 Å². The second-order valence-corrected chi connectivity index (χ2v) is 6.52. The highest BCUT2D eigenvalue weighted by Crippen LogP contribution is 2.32. The van der Waals surface area contributed by atoms with E-state index in [0.717, 1.165) is 55.9 Å². The Labute approximate surface area is 151 Å². The number of ether oxygens (including phenoxy) is 2. The molecule has 0 bridgehead atoms. The molecule has 0 saturated heterocycles. The van der Waals surface area contributed by atoms with E-state index in [-0.39, 0.29) is 12.2 Å². The van der Waals surface area contributed by atoms with Crippen LogP contribution < -0.4 is 9.47 Å². The SMILES string of the molecule is CCCCC(C)Oc1ccc(C=CC(=O)O)cc1OC(C)CCCC. The Morgan fingerprint density at radius 2 is 1.60 bits per heavy atom. The zero-order chi connectivity index (χ0) is 18.7. The molecule has 25 heavy (non-hydrogen) atoms. The number of aliphatic carboxylic acids is 1. The van der Waals surface area contributed by atoms with E-state index in [4.69, 9.17) is 14.6 Å². The summed E-state index contributed by atoms with van der Waals surface area (Å²) in [4.78, 5) is 10.7. The summed E-state index contributed by atoms with van der Waals surface area (Å²) in [5.74, 6) is 0.436. The Morgan fingerprint density at radius 1 is 1.04 bits per heavy atom. The van der Waals surface area contributed by atoms with E-state index in [1.807, 2.05) is 18.2 Å². The van der Waals surface area contributed by atoms with E-state index in [0.29, 0.717) is 5.75 Å². The summed E-state index contributed by atoms with van der Waals surface area (Å²) < 4.78 is 12.2. The maximum Gasteiger partial charge on any atom is 0.328 e. The Balaban J connectivity index is 2.93. The number of benzene rings is 1. The van der Waals surface area contributed by atoms with Crippen LogP contribution in [0.15, 0.2) is 24.3 Å². The molecule has 0 aliphatic rings. The van der Waals surface area contributed by atoms with Crippen molar-refractivity contribution in [3.05, 3.63) is 29.8 Å². The molecule has 0 amide bonds. The molecule has 4 nitrogen and oxygen atoms in total. The molecule has 0 spiro atoms. The van der Waals surface area contributed by atoms with Crippen LogP contribution >= 0.6 is 0 Å². The minimum Gasteiger partial charge on any atom is -0.487 e. The number of carbonyl (C=O) groups is 1. The Bertz CT molecular complexity index is 551. The van der Waals surface area contributed by atoms with Crippen LogP contribution in [0.5, 0.6) is 11.5 Å². The molecule has 1 aromatic carbocycles. The first kappa shape index (κ1) is 21.1. The Morgan fingerprint density at radius 3 is 2.12 bits per heavy atom. The van der Waals surface area contributed by atoms with Crippen molar-refractivity contribution >= 4 is 12.0 Å².